The van der Waals surface area contributed by atoms with E-state index in [1.165, 1.54) is 6.08 Å². The number of hydrogen-bond donors (Lipinski definition) is 1. The first-order valence-electron chi connectivity index (χ1n) is 9.76. The minimum atomic E-state index is -0.438. The lowest BCUT2D eigenvalue weighted by Gasteiger charge is -2.21. The van der Waals surface area contributed by atoms with E-state index in [1.54, 1.807) is 24.3 Å². The van der Waals surface area contributed by atoms with Gasteiger partial charge >= 0.3 is 0 Å². The fraction of sp³-hybridized carbons (Fsp3) is 0.208. The van der Waals surface area contributed by atoms with Crippen LogP contribution in [0.1, 0.15) is 19.4 Å². The molecule has 1 aliphatic carbocycles. The SMILES string of the molecule is CCN(CC)c1ccc(/N=C2/C=CC(=O)C(C(=O)Nc3ccccc3)=C2)c(C)c1. The number of aryl methyl sites for hydroxylation is 1. The maximum absolute atomic E-state index is 12.5. The molecule has 0 spiro atoms. The molecule has 0 radical (unpaired) electrons. The number of ketones is 1. The van der Waals surface area contributed by atoms with Gasteiger partial charge in [-0.25, -0.2) is 4.99 Å². The van der Waals surface area contributed by atoms with E-state index in [1.807, 2.05) is 37.3 Å². The Labute approximate surface area is 171 Å². The Morgan fingerprint density at radius 3 is 2.41 bits per heavy atom. The van der Waals surface area contributed by atoms with Gasteiger partial charge in [0.1, 0.15) is 0 Å². The molecule has 0 saturated carbocycles. The van der Waals surface area contributed by atoms with Crippen molar-refractivity contribution in [2.45, 2.75) is 20.8 Å². The average molecular weight is 387 g/mol. The minimum Gasteiger partial charge on any atom is -0.372 e. The second-order valence-corrected chi connectivity index (χ2v) is 6.76. The van der Waals surface area contributed by atoms with Crippen molar-refractivity contribution in [1.82, 2.24) is 0 Å². The van der Waals surface area contributed by atoms with Gasteiger partial charge in [0.15, 0.2) is 5.78 Å². The lowest BCUT2D eigenvalue weighted by atomic mass is 10.0. The van der Waals surface area contributed by atoms with Crippen molar-refractivity contribution >= 4 is 34.5 Å². The molecule has 5 nitrogen and oxygen atoms in total. The molecule has 0 atom stereocenters. The summed E-state index contributed by atoms with van der Waals surface area (Å²) >= 11 is 0. The number of carbonyl (C=O) groups excluding carboxylic acids is 2. The maximum atomic E-state index is 12.5. The number of rotatable bonds is 6. The van der Waals surface area contributed by atoms with Gasteiger partial charge in [0.05, 0.1) is 17.0 Å². The van der Waals surface area contributed by atoms with Gasteiger partial charge in [0, 0.05) is 24.5 Å². The molecule has 1 amide bonds. The van der Waals surface area contributed by atoms with Crippen molar-refractivity contribution in [3.63, 3.8) is 0 Å². The zero-order chi connectivity index (χ0) is 20.8. The molecule has 1 N–H and O–H groups in total. The summed E-state index contributed by atoms with van der Waals surface area (Å²) in [5.41, 5.74) is 4.30. The van der Waals surface area contributed by atoms with Gasteiger partial charge in [-0.05, 0) is 74.9 Å². The third-order valence-electron chi connectivity index (χ3n) is 4.80. The average Bonchev–Trinajstić information content (AvgIpc) is 2.73. The highest BCUT2D eigenvalue weighted by Crippen LogP contribution is 2.26. The van der Waals surface area contributed by atoms with Crippen LogP contribution in [0.25, 0.3) is 0 Å². The number of aliphatic imine (C=N–C) groups is 1. The summed E-state index contributed by atoms with van der Waals surface area (Å²) in [7, 11) is 0. The van der Waals surface area contributed by atoms with Crippen LogP contribution in [0.5, 0.6) is 0 Å². The highest BCUT2D eigenvalue weighted by Gasteiger charge is 2.20. The molecule has 1 aliphatic rings. The van der Waals surface area contributed by atoms with E-state index in [0.717, 1.165) is 30.0 Å². The molecule has 0 saturated heterocycles. The second kappa shape index (κ2) is 9.15. The summed E-state index contributed by atoms with van der Waals surface area (Å²) in [6.45, 7) is 8.15. The van der Waals surface area contributed by atoms with E-state index in [4.69, 9.17) is 0 Å². The van der Waals surface area contributed by atoms with Gasteiger partial charge < -0.3 is 10.2 Å². The largest absolute Gasteiger partial charge is 0.372 e. The number of benzene rings is 2. The predicted octanol–water partition coefficient (Wildman–Crippen LogP) is 4.62. The van der Waals surface area contributed by atoms with Crippen molar-refractivity contribution < 1.29 is 9.59 Å². The number of anilines is 2. The highest BCUT2D eigenvalue weighted by atomic mass is 16.2. The number of hydrogen-bond acceptors (Lipinski definition) is 4. The van der Waals surface area contributed by atoms with Crippen LogP contribution in [-0.4, -0.2) is 30.5 Å². The second-order valence-electron chi connectivity index (χ2n) is 6.76. The zero-order valence-electron chi connectivity index (χ0n) is 17.0. The summed E-state index contributed by atoms with van der Waals surface area (Å²) in [5, 5.41) is 2.75. The van der Waals surface area contributed by atoms with Crippen LogP contribution in [0, 0.1) is 6.92 Å². The van der Waals surface area contributed by atoms with Gasteiger partial charge in [-0.15, -0.1) is 0 Å². The quantitative estimate of drug-likeness (QED) is 0.581. The Bertz CT molecular complexity index is 1000. The Morgan fingerprint density at radius 1 is 1.03 bits per heavy atom. The molecule has 2 aromatic carbocycles. The summed E-state index contributed by atoms with van der Waals surface area (Å²) in [6, 6.07) is 15.2. The molecule has 0 aliphatic heterocycles. The Morgan fingerprint density at radius 2 is 1.76 bits per heavy atom. The Balaban J connectivity index is 1.85. The van der Waals surface area contributed by atoms with Crippen molar-refractivity contribution in [3.8, 4) is 0 Å². The number of allylic oxidation sites excluding steroid dienone is 3. The number of nitrogens with one attached hydrogen (secondary N) is 1. The fourth-order valence-corrected chi connectivity index (χ4v) is 3.17. The fourth-order valence-electron chi connectivity index (χ4n) is 3.17. The first-order valence-corrected chi connectivity index (χ1v) is 9.76. The monoisotopic (exact) mass is 387 g/mol. The summed E-state index contributed by atoms with van der Waals surface area (Å²) in [6.07, 6.45) is 4.57. The van der Waals surface area contributed by atoms with Gasteiger partial charge in [0.25, 0.3) is 5.91 Å². The predicted molar refractivity (Wildman–Crippen MR) is 119 cm³/mol. The third kappa shape index (κ3) is 4.88. The number of nitrogens with zero attached hydrogens (tertiary/aromatic N) is 2. The first kappa shape index (κ1) is 20.3. The van der Waals surface area contributed by atoms with E-state index < -0.39 is 5.91 Å². The van der Waals surface area contributed by atoms with Gasteiger partial charge in [-0.2, -0.15) is 0 Å². The summed E-state index contributed by atoms with van der Waals surface area (Å²) in [5.74, 6) is -0.766. The maximum Gasteiger partial charge on any atom is 0.259 e. The van der Waals surface area contributed by atoms with Crippen LogP contribution < -0.4 is 10.2 Å². The van der Waals surface area contributed by atoms with Crippen LogP contribution in [0.3, 0.4) is 0 Å². The molecule has 2 aromatic rings. The molecule has 0 heterocycles. The first-order chi connectivity index (χ1) is 14.0. The smallest absolute Gasteiger partial charge is 0.259 e. The topological polar surface area (TPSA) is 61.8 Å². The standard InChI is InChI=1S/C24H25N3O2/c1-4-27(5-2)20-12-13-22(17(3)15-20)25-19-11-14-23(28)21(16-19)24(29)26-18-9-7-6-8-10-18/h6-16H,4-5H2,1-3H3,(H,26,29)/b25-19-. The lowest BCUT2D eigenvalue weighted by Crippen LogP contribution is -2.22. The van der Waals surface area contributed by atoms with Crippen molar-refractivity contribution in [1.29, 1.82) is 0 Å². The normalized spacial score (nSPS) is 14.7. The molecule has 148 valence electrons. The van der Waals surface area contributed by atoms with Gasteiger partial charge in [-0.3, -0.25) is 9.59 Å². The van der Waals surface area contributed by atoms with Crippen LogP contribution in [0.4, 0.5) is 17.1 Å². The molecule has 0 bridgehead atoms. The Hall–Kier alpha value is -3.47. The minimum absolute atomic E-state index is 0.0764. The third-order valence-corrected chi connectivity index (χ3v) is 4.80. The molecule has 0 unspecified atom stereocenters. The zero-order valence-corrected chi connectivity index (χ0v) is 17.0. The van der Waals surface area contributed by atoms with Crippen LogP contribution in [0.2, 0.25) is 0 Å². The number of amides is 1. The highest BCUT2D eigenvalue weighted by molar-refractivity contribution is 6.33. The van der Waals surface area contributed by atoms with Crippen LogP contribution in [0.15, 0.2) is 77.3 Å². The van der Waals surface area contributed by atoms with E-state index in [0.29, 0.717) is 11.4 Å². The summed E-state index contributed by atoms with van der Waals surface area (Å²) in [4.78, 5) is 31.7. The molecule has 3 rings (SSSR count). The van der Waals surface area contributed by atoms with Crippen LogP contribution >= 0.6 is 0 Å². The van der Waals surface area contributed by atoms with E-state index >= 15 is 0 Å². The van der Waals surface area contributed by atoms with E-state index in [-0.39, 0.29) is 11.4 Å². The van der Waals surface area contributed by atoms with Gasteiger partial charge in [0.2, 0.25) is 0 Å². The molecular formula is C24H25N3O2. The van der Waals surface area contributed by atoms with Gasteiger partial charge in [-0.1, -0.05) is 18.2 Å². The molecule has 0 fully saturated rings. The van der Waals surface area contributed by atoms with Crippen molar-refractivity contribution in [2.75, 3.05) is 23.3 Å². The molecule has 0 aromatic heterocycles. The Kier molecular flexibility index (Phi) is 6.39. The molecule has 5 heteroatoms. The molecular weight excluding hydrogens is 362 g/mol. The summed E-state index contributed by atoms with van der Waals surface area (Å²) < 4.78 is 0. The van der Waals surface area contributed by atoms with E-state index in [9.17, 15) is 9.59 Å². The number of para-hydroxylation sites is 1. The van der Waals surface area contributed by atoms with Crippen LogP contribution in [-0.2, 0) is 9.59 Å². The lowest BCUT2D eigenvalue weighted by molar-refractivity contribution is -0.117. The molecule has 29 heavy (non-hydrogen) atoms. The van der Waals surface area contributed by atoms with Crippen molar-refractivity contribution in [2.24, 2.45) is 4.99 Å². The van der Waals surface area contributed by atoms with E-state index in [2.05, 4.69) is 35.1 Å². The number of carbonyl (C=O) groups is 2. The van der Waals surface area contributed by atoms with Crippen molar-refractivity contribution in [3.05, 3.63) is 77.9 Å².